The van der Waals surface area contributed by atoms with E-state index in [1.807, 2.05) is 0 Å². The SMILES string of the molecule is CCC1CCCC(N2CCCC(C3CCCN3)C2)CC1. The minimum absolute atomic E-state index is 0.840. The monoisotopic (exact) mass is 278 g/mol. The lowest BCUT2D eigenvalue weighted by molar-refractivity contribution is 0.0978. The van der Waals surface area contributed by atoms with E-state index < -0.39 is 0 Å². The molecule has 4 atom stereocenters. The summed E-state index contributed by atoms with van der Waals surface area (Å²) in [6.45, 7) is 6.42. The van der Waals surface area contributed by atoms with Gasteiger partial charge in [-0.3, -0.25) is 0 Å². The molecule has 1 N–H and O–H groups in total. The average molecular weight is 278 g/mol. The first-order valence-corrected chi connectivity index (χ1v) is 9.34. The minimum Gasteiger partial charge on any atom is -0.314 e. The first-order valence-electron chi connectivity index (χ1n) is 9.34. The van der Waals surface area contributed by atoms with Gasteiger partial charge in [0.15, 0.2) is 0 Å². The second-order valence-electron chi connectivity index (χ2n) is 7.54. The molecule has 0 bridgehead atoms. The highest BCUT2D eigenvalue weighted by atomic mass is 15.2. The zero-order valence-electron chi connectivity index (χ0n) is 13.4. The van der Waals surface area contributed by atoms with Crippen LogP contribution in [0.15, 0.2) is 0 Å². The molecular formula is C18H34N2. The Kier molecular flexibility index (Phi) is 5.39. The topological polar surface area (TPSA) is 15.3 Å². The maximum absolute atomic E-state index is 3.75. The summed E-state index contributed by atoms with van der Waals surface area (Å²) in [6, 6.07) is 1.75. The van der Waals surface area contributed by atoms with Gasteiger partial charge in [-0.1, -0.05) is 26.2 Å². The highest BCUT2D eigenvalue weighted by Crippen LogP contribution is 2.32. The first-order chi connectivity index (χ1) is 9.86. The highest BCUT2D eigenvalue weighted by molar-refractivity contribution is 4.89. The molecule has 0 radical (unpaired) electrons. The molecule has 2 heteroatoms. The lowest BCUT2D eigenvalue weighted by Gasteiger charge is -2.40. The Morgan fingerprint density at radius 1 is 0.950 bits per heavy atom. The van der Waals surface area contributed by atoms with Crippen molar-refractivity contribution in [3.63, 3.8) is 0 Å². The molecule has 2 heterocycles. The molecule has 1 aliphatic carbocycles. The van der Waals surface area contributed by atoms with Crippen LogP contribution in [0.4, 0.5) is 0 Å². The number of hydrogen-bond acceptors (Lipinski definition) is 2. The number of piperidine rings is 1. The second-order valence-corrected chi connectivity index (χ2v) is 7.54. The van der Waals surface area contributed by atoms with Crippen molar-refractivity contribution >= 4 is 0 Å². The lowest BCUT2D eigenvalue weighted by Crippen LogP contribution is -2.47. The van der Waals surface area contributed by atoms with Crippen LogP contribution in [0.2, 0.25) is 0 Å². The predicted octanol–water partition coefficient (Wildman–Crippen LogP) is 3.81. The molecule has 20 heavy (non-hydrogen) atoms. The zero-order valence-corrected chi connectivity index (χ0v) is 13.4. The van der Waals surface area contributed by atoms with Gasteiger partial charge < -0.3 is 10.2 Å². The molecule has 4 unspecified atom stereocenters. The Morgan fingerprint density at radius 3 is 2.70 bits per heavy atom. The Hall–Kier alpha value is -0.0800. The number of likely N-dealkylation sites (tertiary alicyclic amines) is 1. The Labute approximate surface area is 125 Å². The largest absolute Gasteiger partial charge is 0.314 e. The van der Waals surface area contributed by atoms with Crippen LogP contribution in [0, 0.1) is 11.8 Å². The molecule has 2 saturated heterocycles. The Morgan fingerprint density at radius 2 is 1.90 bits per heavy atom. The van der Waals surface area contributed by atoms with E-state index in [1.165, 1.54) is 83.8 Å². The summed E-state index contributed by atoms with van der Waals surface area (Å²) < 4.78 is 0. The van der Waals surface area contributed by atoms with Crippen molar-refractivity contribution in [2.75, 3.05) is 19.6 Å². The normalized spacial score (nSPS) is 40.6. The molecule has 2 nitrogen and oxygen atoms in total. The van der Waals surface area contributed by atoms with Crippen molar-refractivity contribution in [1.29, 1.82) is 0 Å². The van der Waals surface area contributed by atoms with Gasteiger partial charge in [-0.2, -0.15) is 0 Å². The van der Waals surface area contributed by atoms with Gasteiger partial charge in [0.05, 0.1) is 0 Å². The van der Waals surface area contributed by atoms with E-state index >= 15 is 0 Å². The summed E-state index contributed by atoms with van der Waals surface area (Å²) in [4.78, 5) is 2.88. The molecule has 3 aliphatic rings. The lowest BCUT2D eigenvalue weighted by atomic mass is 9.88. The minimum atomic E-state index is 0.840. The Bertz CT molecular complexity index is 285. The van der Waals surface area contributed by atoms with E-state index in [0.29, 0.717) is 0 Å². The quantitative estimate of drug-likeness (QED) is 0.790. The predicted molar refractivity (Wildman–Crippen MR) is 86.0 cm³/mol. The zero-order chi connectivity index (χ0) is 13.8. The molecule has 1 saturated carbocycles. The van der Waals surface area contributed by atoms with Gasteiger partial charge in [0, 0.05) is 18.6 Å². The summed E-state index contributed by atoms with van der Waals surface area (Å²) >= 11 is 0. The van der Waals surface area contributed by atoms with Gasteiger partial charge in [-0.25, -0.2) is 0 Å². The van der Waals surface area contributed by atoms with Crippen LogP contribution < -0.4 is 5.32 Å². The smallest absolute Gasteiger partial charge is 0.0108 e. The van der Waals surface area contributed by atoms with Crippen LogP contribution in [0.1, 0.15) is 71.1 Å². The van der Waals surface area contributed by atoms with Crippen molar-refractivity contribution in [2.45, 2.75) is 83.2 Å². The van der Waals surface area contributed by atoms with Crippen molar-refractivity contribution < 1.29 is 0 Å². The second kappa shape index (κ2) is 7.26. The summed E-state index contributed by atoms with van der Waals surface area (Å²) in [5.41, 5.74) is 0. The molecular weight excluding hydrogens is 244 g/mol. The van der Waals surface area contributed by atoms with Crippen molar-refractivity contribution in [3.05, 3.63) is 0 Å². The molecule has 0 aromatic heterocycles. The molecule has 116 valence electrons. The van der Waals surface area contributed by atoms with Crippen LogP contribution >= 0.6 is 0 Å². The number of rotatable bonds is 3. The van der Waals surface area contributed by atoms with Gasteiger partial charge in [-0.15, -0.1) is 0 Å². The molecule has 0 spiro atoms. The van der Waals surface area contributed by atoms with Crippen molar-refractivity contribution in [1.82, 2.24) is 10.2 Å². The number of hydrogen-bond donors (Lipinski definition) is 1. The molecule has 0 aromatic rings. The standard InChI is InChI=1S/C18H34N2/c1-2-15-6-3-8-17(11-10-15)20-13-5-7-16(14-20)18-9-4-12-19-18/h15-19H,2-14H2,1H3. The van der Waals surface area contributed by atoms with E-state index in [-0.39, 0.29) is 0 Å². The van der Waals surface area contributed by atoms with Gasteiger partial charge >= 0.3 is 0 Å². The van der Waals surface area contributed by atoms with E-state index in [9.17, 15) is 0 Å². The fourth-order valence-corrected chi connectivity index (χ4v) is 4.95. The maximum atomic E-state index is 3.75. The molecule has 2 aliphatic heterocycles. The molecule has 3 fully saturated rings. The first kappa shape index (κ1) is 14.8. The van der Waals surface area contributed by atoms with Gasteiger partial charge in [0.1, 0.15) is 0 Å². The van der Waals surface area contributed by atoms with Crippen molar-refractivity contribution in [2.24, 2.45) is 11.8 Å². The van der Waals surface area contributed by atoms with Crippen LogP contribution in [-0.4, -0.2) is 36.6 Å². The van der Waals surface area contributed by atoms with E-state index in [1.54, 1.807) is 0 Å². The summed E-state index contributed by atoms with van der Waals surface area (Å²) in [6.07, 6.45) is 14.6. The van der Waals surface area contributed by atoms with Gasteiger partial charge in [0.25, 0.3) is 0 Å². The van der Waals surface area contributed by atoms with Crippen LogP contribution in [0.25, 0.3) is 0 Å². The van der Waals surface area contributed by atoms with Gasteiger partial charge in [-0.05, 0) is 69.9 Å². The number of nitrogens with one attached hydrogen (secondary N) is 1. The van der Waals surface area contributed by atoms with E-state index in [0.717, 1.165) is 23.9 Å². The van der Waals surface area contributed by atoms with Crippen molar-refractivity contribution in [3.8, 4) is 0 Å². The van der Waals surface area contributed by atoms with E-state index in [2.05, 4.69) is 17.1 Å². The summed E-state index contributed by atoms with van der Waals surface area (Å²) in [5.74, 6) is 1.97. The highest BCUT2D eigenvalue weighted by Gasteiger charge is 2.32. The fourth-order valence-electron chi connectivity index (χ4n) is 4.95. The van der Waals surface area contributed by atoms with Crippen LogP contribution in [0.5, 0.6) is 0 Å². The summed E-state index contributed by atoms with van der Waals surface area (Å²) in [7, 11) is 0. The number of nitrogens with zero attached hydrogens (tertiary/aromatic N) is 1. The molecule has 0 aromatic carbocycles. The fraction of sp³-hybridized carbons (Fsp3) is 1.00. The Balaban J connectivity index is 1.53. The summed E-state index contributed by atoms with van der Waals surface area (Å²) in [5, 5.41) is 3.75. The van der Waals surface area contributed by atoms with Crippen LogP contribution in [0.3, 0.4) is 0 Å². The maximum Gasteiger partial charge on any atom is 0.0108 e. The molecule has 0 amide bonds. The van der Waals surface area contributed by atoms with Crippen LogP contribution in [-0.2, 0) is 0 Å². The average Bonchev–Trinajstić information content (AvgIpc) is 2.92. The third-order valence-electron chi connectivity index (χ3n) is 6.31. The van der Waals surface area contributed by atoms with E-state index in [4.69, 9.17) is 0 Å². The van der Waals surface area contributed by atoms with Gasteiger partial charge in [0.2, 0.25) is 0 Å². The third kappa shape index (κ3) is 3.57. The molecule has 3 rings (SSSR count). The third-order valence-corrected chi connectivity index (χ3v) is 6.31.